The zero-order valence-electron chi connectivity index (χ0n) is 8.88. The second-order valence-electron chi connectivity index (χ2n) is 3.37. The Hall–Kier alpha value is -1.80. The van der Waals surface area contributed by atoms with Crippen LogP contribution in [0.1, 0.15) is 10.4 Å². The Kier molecular flexibility index (Phi) is 3.92. The molecule has 8 heteroatoms. The molecule has 7 nitrogen and oxygen atoms in total. The van der Waals surface area contributed by atoms with Gasteiger partial charge in [0.05, 0.1) is 17.0 Å². The van der Waals surface area contributed by atoms with E-state index in [0.29, 0.717) is 0 Å². The number of phenols is 1. The first-order chi connectivity index (χ1) is 7.81. The van der Waals surface area contributed by atoms with Gasteiger partial charge in [0.15, 0.2) is 5.75 Å². The number of para-hydroxylation sites is 1. The monoisotopic (exact) mass is 259 g/mol. The first-order valence-electron chi connectivity index (χ1n) is 4.67. The van der Waals surface area contributed by atoms with Crippen molar-refractivity contribution in [1.29, 1.82) is 0 Å². The van der Waals surface area contributed by atoms with Crippen LogP contribution in [-0.4, -0.2) is 31.7 Å². The van der Waals surface area contributed by atoms with E-state index in [1.807, 2.05) is 0 Å². The Labute approximate surface area is 98.5 Å². The van der Waals surface area contributed by atoms with Gasteiger partial charge in [0.25, 0.3) is 5.91 Å². The Morgan fingerprint density at radius 3 is 2.65 bits per heavy atom. The summed E-state index contributed by atoms with van der Waals surface area (Å²) >= 11 is 0. The van der Waals surface area contributed by atoms with Crippen LogP contribution < -0.4 is 16.2 Å². The van der Waals surface area contributed by atoms with Gasteiger partial charge in [-0.25, -0.2) is 13.6 Å². The molecule has 0 aliphatic heterocycles. The van der Waals surface area contributed by atoms with Gasteiger partial charge in [-0.2, -0.15) is 0 Å². The summed E-state index contributed by atoms with van der Waals surface area (Å²) in [7, 11) is -3.62. The van der Waals surface area contributed by atoms with E-state index in [-0.39, 0.29) is 29.3 Å². The van der Waals surface area contributed by atoms with E-state index in [4.69, 9.17) is 10.9 Å². The number of hydrogen-bond donors (Lipinski definition) is 4. The normalized spacial score (nSPS) is 11.1. The molecular weight excluding hydrogens is 246 g/mol. The first kappa shape index (κ1) is 13.3. The molecule has 0 saturated heterocycles. The van der Waals surface area contributed by atoms with E-state index in [1.54, 1.807) is 0 Å². The lowest BCUT2D eigenvalue weighted by Crippen LogP contribution is -2.31. The highest BCUT2D eigenvalue weighted by molar-refractivity contribution is 7.89. The standard InChI is InChI=1S/C9H13N3O4S/c10-7-3-1-2-6(8(7)13)9(14)12-4-5-17(11,15)16/h1-3,13H,4-5,10H2,(H,12,14)(H2,11,15,16). The van der Waals surface area contributed by atoms with E-state index in [0.717, 1.165) is 0 Å². The number of rotatable bonds is 4. The minimum absolute atomic E-state index is 0.0144. The van der Waals surface area contributed by atoms with Crippen LogP contribution in [0.2, 0.25) is 0 Å². The molecule has 1 aromatic rings. The van der Waals surface area contributed by atoms with Crippen LogP contribution in [-0.2, 0) is 10.0 Å². The van der Waals surface area contributed by atoms with Crippen molar-refractivity contribution in [3.63, 3.8) is 0 Å². The predicted octanol–water partition coefficient (Wildman–Crippen LogP) is -1.01. The highest BCUT2D eigenvalue weighted by atomic mass is 32.2. The fourth-order valence-corrected chi connectivity index (χ4v) is 1.53. The van der Waals surface area contributed by atoms with Crippen molar-refractivity contribution in [1.82, 2.24) is 5.32 Å². The molecule has 94 valence electrons. The minimum Gasteiger partial charge on any atom is -0.505 e. The van der Waals surface area contributed by atoms with Crippen LogP contribution in [0.3, 0.4) is 0 Å². The summed E-state index contributed by atoms with van der Waals surface area (Å²) in [5.41, 5.74) is 5.47. The summed E-state index contributed by atoms with van der Waals surface area (Å²) in [6, 6.07) is 4.32. The number of carbonyl (C=O) groups excluding carboxylic acids is 1. The zero-order valence-corrected chi connectivity index (χ0v) is 9.70. The topological polar surface area (TPSA) is 136 Å². The van der Waals surface area contributed by atoms with Crippen molar-refractivity contribution in [3.8, 4) is 5.75 Å². The molecule has 0 bridgehead atoms. The summed E-state index contributed by atoms with van der Waals surface area (Å²) in [4.78, 5) is 11.5. The molecule has 0 radical (unpaired) electrons. The van der Waals surface area contributed by atoms with E-state index < -0.39 is 15.9 Å². The predicted molar refractivity (Wildman–Crippen MR) is 62.8 cm³/mol. The fourth-order valence-electron chi connectivity index (χ4n) is 1.15. The van der Waals surface area contributed by atoms with E-state index in [2.05, 4.69) is 5.32 Å². The van der Waals surface area contributed by atoms with Crippen LogP contribution >= 0.6 is 0 Å². The van der Waals surface area contributed by atoms with Crippen molar-refractivity contribution in [2.75, 3.05) is 18.0 Å². The van der Waals surface area contributed by atoms with Gasteiger partial charge >= 0.3 is 0 Å². The number of anilines is 1. The molecule has 0 saturated carbocycles. The lowest BCUT2D eigenvalue weighted by molar-refractivity contribution is 0.0953. The highest BCUT2D eigenvalue weighted by Crippen LogP contribution is 2.23. The number of nitrogens with one attached hydrogen (secondary N) is 1. The van der Waals surface area contributed by atoms with Gasteiger partial charge < -0.3 is 16.2 Å². The number of hydrogen-bond acceptors (Lipinski definition) is 5. The molecule has 0 heterocycles. The molecule has 1 amide bonds. The molecule has 0 aliphatic carbocycles. The first-order valence-corrected chi connectivity index (χ1v) is 6.39. The number of carbonyl (C=O) groups is 1. The molecule has 0 unspecified atom stereocenters. The molecule has 1 rings (SSSR count). The van der Waals surface area contributed by atoms with Crippen LogP contribution in [0.15, 0.2) is 18.2 Å². The molecule has 0 atom stereocenters. The Balaban J connectivity index is 2.68. The highest BCUT2D eigenvalue weighted by Gasteiger charge is 2.13. The summed E-state index contributed by atoms with van der Waals surface area (Å²) in [6.07, 6.45) is 0. The molecule has 0 aromatic heterocycles. The number of nitrogens with two attached hydrogens (primary N) is 2. The smallest absolute Gasteiger partial charge is 0.255 e. The van der Waals surface area contributed by atoms with Crippen LogP contribution in [0, 0.1) is 0 Å². The zero-order chi connectivity index (χ0) is 13.1. The van der Waals surface area contributed by atoms with Crippen molar-refractivity contribution in [3.05, 3.63) is 23.8 Å². The lowest BCUT2D eigenvalue weighted by atomic mass is 10.1. The fraction of sp³-hybridized carbons (Fsp3) is 0.222. The maximum Gasteiger partial charge on any atom is 0.255 e. The Morgan fingerprint density at radius 2 is 2.06 bits per heavy atom. The quantitative estimate of drug-likeness (QED) is 0.406. The molecule has 17 heavy (non-hydrogen) atoms. The summed E-state index contributed by atoms with van der Waals surface area (Å²) in [5.74, 6) is -1.32. The number of primary sulfonamides is 1. The Bertz CT molecular complexity index is 527. The SMILES string of the molecule is Nc1cccc(C(=O)NCCS(N)(=O)=O)c1O. The van der Waals surface area contributed by atoms with Crippen molar-refractivity contribution >= 4 is 21.6 Å². The second kappa shape index (κ2) is 5.02. The molecule has 1 aromatic carbocycles. The second-order valence-corrected chi connectivity index (χ2v) is 5.10. The van der Waals surface area contributed by atoms with Crippen LogP contribution in [0.25, 0.3) is 0 Å². The number of phenolic OH excluding ortho intramolecular Hbond substituents is 1. The molecule has 0 fully saturated rings. The Morgan fingerprint density at radius 1 is 1.41 bits per heavy atom. The van der Waals surface area contributed by atoms with Gasteiger partial charge in [-0.1, -0.05) is 6.07 Å². The number of benzene rings is 1. The lowest BCUT2D eigenvalue weighted by Gasteiger charge is -2.07. The third-order valence-electron chi connectivity index (χ3n) is 1.98. The van der Waals surface area contributed by atoms with Gasteiger partial charge in [0.1, 0.15) is 0 Å². The van der Waals surface area contributed by atoms with Gasteiger partial charge in [0, 0.05) is 6.54 Å². The largest absolute Gasteiger partial charge is 0.505 e. The molecular formula is C9H13N3O4S. The van der Waals surface area contributed by atoms with Gasteiger partial charge in [0.2, 0.25) is 10.0 Å². The van der Waals surface area contributed by atoms with E-state index in [9.17, 15) is 18.3 Å². The van der Waals surface area contributed by atoms with E-state index >= 15 is 0 Å². The molecule has 0 spiro atoms. The maximum absolute atomic E-state index is 11.5. The van der Waals surface area contributed by atoms with Crippen molar-refractivity contribution in [2.24, 2.45) is 5.14 Å². The van der Waals surface area contributed by atoms with Crippen LogP contribution in [0.4, 0.5) is 5.69 Å². The molecule has 0 aliphatic rings. The number of aromatic hydroxyl groups is 1. The third kappa shape index (κ3) is 3.93. The number of amides is 1. The van der Waals surface area contributed by atoms with E-state index in [1.165, 1.54) is 18.2 Å². The van der Waals surface area contributed by atoms with Crippen molar-refractivity contribution in [2.45, 2.75) is 0 Å². The third-order valence-corrected chi connectivity index (χ3v) is 2.76. The number of sulfonamides is 1. The average molecular weight is 259 g/mol. The van der Waals surface area contributed by atoms with Crippen LogP contribution in [0.5, 0.6) is 5.75 Å². The minimum atomic E-state index is -3.62. The summed E-state index contributed by atoms with van der Waals surface area (Å²) < 4.78 is 21.3. The van der Waals surface area contributed by atoms with Gasteiger partial charge in [-0.05, 0) is 12.1 Å². The maximum atomic E-state index is 11.5. The number of nitrogen functional groups attached to an aromatic ring is 1. The van der Waals surface area contributed by atoms with Gasteiger partial charge in [-0.15, -0.1) is 0 Å². The summed E-state index contributed by atoms with van der Waals surface area (Å²) in [5, 5.41) is 16.6. The van der Waals surface area contributed by atoms with Crippen molar-refractivity contribution < 1.29 is 18.3 Å². The summed E-state index contributed by atoms with van der Waals surface area (Å²) in [6.45, 7) is -0.133. The molecule has 6 N–H and O–H groups in total. The van der Waals surface area contributed by atoms with Gasteiger partial charge in [-0.3, -0.25) is 4.79 Å². The average Bonchev–Trinajstić information content (AvgIpc) is 2.20.